The molecular formula is C14H24NO6W-. The smallest absolute Gasteiger partial charge is 0.410 e. The first kappa shape index (κ1) is 21.3. The number of ether oxygens (including phenoxy) is 4. The second-order valence-electron chi connectivity index (χ2n) is 5.82. The van der Waals surface area contributed by atoms with Crippen LogP contribution in [0.15, 0.2) is 0 Å². The van der Waals surface area contributed by atoms with Crippen LogP contribution < -0.4 is 0 Å². The summed E-state index contributed by atoms with van der Waals surface area (Å²) < 4.78 is 20.3. The van der Waals surface area contributed by atoms with Gasteiger partial charge in [0.05, 0.1) is 7.11 Å². The normalized spacial score (nSPS) is 21.8. The molecule has 1 rings (SSSR count). The second-order valence-corrected chi connectivity index (χ2v) is 5.82. The predicted octanol–water partition coefficient (Wildman–Crippen LogP) is 1.22. The van der Waals surface area contributed by atoms with Crippen molar-refractivity contribution in [2.24, 2.45) is 5.92 Å². The molecule has 7 nitrogen and oxygen atoms in total. The van der Waals surface area contributed by atoms with Crippen LogP contribution in [0.4, 0.5) is 4.79 Å². The number of amides is 1. The van der Waals surface area contributed by atoms with Crippen molar-refractivity contribution < 1.29 is 49.6 Å². The van der Waals surface area contributed by atoms with Gasteiger partial charge in [0, 0.05) is 41.3 Å². The molecule has 1 fully saturated rings. The van der Waals surface area contributed by atoms with E-state index >= 15 is 0 Å². The van der Waals surface area contributed by atoms with Crippen LogP contribution in [0.25, 0.3) is 0 Å². The molecule has 1 amide bonds. The van der Waals surface area contributed by atoms with Crippen molar-refractivity contribution in [2.75, 3.05) is 34.1 Å². The third kappa shape index (κ3) is 7.07. The molecule has 0 aromatic rings. The van der Waals surface area contributed by atoms with E-state index in [0.29, 0.717) is 6.54 Å². The van der Waals surface area contributed by atoms with Crippen LogP contribution in [0.1, 0.15) is 20.8 Å². The van der Waals surface area contributed by atoms with Gasteiger partial charge in [-0.05, 0) is 32.8 Å². The Hall–Kier alpha value is -0.652. The molecule has 0 aromatic heterocycles. The standard InChI is InChI=1S/C14H24NO6.W/c1-14(2,3)21-13(17)15-7-10(12(16)19-5)6-11(8-15)20-9-18-4;/h6,10-11H,7-9H2,1-5H3;/q-1;/t10-,11+;/m1./s1. The largest absolute Gasteiger partial charge is 0.471 e. The van der Waals surface area contributed by atoms with E-state index in [1.165, 1.54) is 19.1 Å². The van der Waals surface area contributed by atoms with Crippen molar-refractivity contribution in [3.63, 3.8) is 0 Å². The Labute approximate surface area is 145 Å². The van der Waals surface area contributed by atoms with Crippen LogP contribution in [0.2, 0.25) is 0 Å². The third-order valence-electron chi connectivity index (χ3n) is 2.82. The molecule has 1 saturated heterocycles. The molecule has 0 aliphatic carbocycles. The van der Waals surface area contributed by atoms with Gasteiger partial charge < -0.3 is 23.8 Å². The number of carbonyl (C=O) groups is 2. The molecule has 0 N–H and O–H groups in total. The zero-order chi connectivity index (χ0) is 16.0. The Kier molecular flexibility index (Phi) is 9.20. The number of nitrogens with zero attached hydrogens (tertiary/aromatic N) is 1. The van der Waals surface area contributed by atoms with Crippen LogP contribution in [0.3, 0.4) is 0 Å². The molecule has 8 heteroatoms. The fourth-order valence-electron chi connectivity index (χ4n) is 1.95. The number of rotatable bonds is 4. The third-order valence-corrected chi connectivity index (χ3v) is 2.82. The number of hydrogen-bond donors (Lipinski definition) is 0. The minimum absolute atomic E-state index is 0. The maximum atomic E-state index is 12.1. The number of likely N-dealkylation sites (tertiary alicyclic amines) is 1. The van der Waals surface area contributed by atoms with E-state index < -0.39 is 29.7 Å². The van der Waals surface area contributed by atoms with Crippen molar-refractivity contribution in [3.05, 3.63) is 6.42 Å². The van der Waals surface area contributed by atoms with Crippen LogP contribution in [0.5, 0.6) is 0 Å². The molecular weight excluding hydrogens is 462 g/mol. The number of hydrogen-bond acceptors (Lipinski definition) is 6. The van der Waals surface area contributed by atoms with Crippen molar-refractivity contribution in [1.29, 1.82) is 0 Å². The van der Waals surface area contributed by atoms with Gasteiger partial charge in [0.1, 0.15) is 12.4 Å². The molecule has 0 saturated carbocycles. The molecule has 1 heterocycles. The monoisotopic (exact) mass is 486 g/mol. The van der Waals surface area contributed by atoms with Crippen molar-refractivity contribution in [1.82, 2.24) is 4.90 Å². The minimum Gasteiger partial charge on any atom is -0.471 e. The fraction of sp³-hybridized carbons (Fsp3) is 0.786. The molecule has 22 heavy (non-hydrogen) atoms. The molecule has 0 unspecified atom stereocenters. The van der Waals surface area contributed by atoms with E-state index in [-0.39, 0.29) is 34.4 Å². The zero-order valence-electron chi connectivity index (χ0n) is 13.7. The van der Waals surface area contributed by atoms with Gasteiger partial charge in [-0.2, -0.15) is 0 Å². The van der Waals surface area contributed by atoms with Crippen molar-refractivity contribution in [3.8, 4) is 0 Å². The van der Waals surface area contributed by atoms with Gasteiger partial charge >= 0.3 is 6.09 Å². The summed E-state index contributed by atoms with van der Waals surface area (Å²) in [6.07, 6.45) is 0.844. The van der Waals surface area contributed by atoms with Gasteiger partial charge in [-0.1, -0.05) is 0 Å². The summed E-state index contributed by atoms with van der Waals surface area (Å²) in [5.41, 5.74) is -0.595. The van der Waals surface area contributed by atoms with Crippen LogP contribution in [-0.4, -0.2) is 62.8 Å². The first-order chi connectivity index (χ1) is 9.76. The van der Waals surface area contributed by atoms with E-state index in [1.807, 2.05) is 0 Å². The summed E-state index contributed by atoms with van der Waals surface area (Å²) in [5, 5.41) is 0. The van der Waals surface area contributed by atoms with E-state index in [9.17, 15) is 9.59 Å². The zero-order valence-corrected chi connectivity index (χ0v) is 16.6. The SMILES string of the molecule is COCO[C@H]1[CH-][C@@H](C(=O)OC)CN(C(=O)OC(C)(C)C)C1.[W]. The summed E-state index contributed by atoms with van der Waals surface area (Å²) in [4.78, 5) is 25.3. The molecule has 0 aromatic carbocycles. The summed E-state index contributed by atoms with van der Waals surface area (Å²) in [7, 11) is 2.82. The second kappa shape index (κ2) is 9.48. The van der Waals surface area contributed by atoms with Gasteiger partial charge in [0.15, 0.2) is 0 Å². The summed E-state index contributed by atoms with van der Waals surface area (Å²) >= 11 is 0. The Morgan fingerprint density at radius 2 is 1.86 bits per heavy atom. The average Bonchev–Trinajstić information content (AvgIpc) is 2.42. The predicted molar refractivity (Wildman–Crippen MR) is 74.4 cm³/mol. The molecule has 128 valence electrons. The Bertz CT molecular complexity index is 371. The quantitative estimate of drug-likeness (QED) is 0.338. The van der Waals surface area contributed by atoms with Crippen LogP contribution in [0, 0.1) is 12.3 Å². The van der Waals surface area contributed by atoms with Crippen molar-refractivity contribution >= 4 is 12.1 Å². The van der Waals surface area contributed by atoms with Gasteiger partial charge in [-0.25, -0.2) is 4.79 Å². The number of methoxy groups -OCH3 is 2. The van der Waals surface area contributed by atoms with E-state index in [2.05, 4.69) is 0 Å². The molecule has 0 bridgehead atoms. The maximum Gasteiger partial charge on any atom is 0.410 e. The first-order valence-electron chi connectivity index (χ1n) is 6.78. The van der Waals surface area contributed by atoms with E-state index in [0.717, 1.165) is 0 Å². The Morgan fingerprint density at radius 3 is 2.36 bits per heavy atom. The van der Waals surface area contributed by atoms with E-state index in [1.54, 1.807) is 27.2 Å². The summed E-state index contributed by atoms with van der Waals surface area (Å²) in [6, 6.07) is 0. The molecule has 2 atom stereocenters. The molecule has 0 radical (unpaired) electrons. The summed E-state index contributed by atoms with van der Waals surface area (Å²) in [6.45, 7) is 5.98. The number of piperidine rings is 1. The molecule has 1 aliphatic rings. The van der Waals surface area contributed by atoms with Crippen molar-refractivity contribution in [2.45, 2.75) is 32.5 Å². The molecule has 1 aliphatic heterocycles. The maximum absolute atomic E-state index is 12.1. The Morgan fingerprint density at radius 1 is 1.23 bits per heavy atom. The van der Waals surface area contributed by atoms with Gasteiger partial charge in [0.2, 0.25) is 0 Å². The first-order valence-corrected chi connectivity index (χ1v) is 6.78. The van der Waals surface area contributed by atoms with Gasteiger partial charge in [0.25, 0.3) is 5.97 Å². The van der Waals surface area contributed by atoms with Gasteiger partial charge in [-0.3, -0.25) is 11.2 Å². The fourth-order valence-corrected chi connectivity index (χ4v) is 1.95. The van der Waals surface area contributed by atoms with E-state index in [4.69, 9.17) is 18.9 Å². The number of esters is 1. The van der Waals surface area contributed by atoms with Crippen LogP contribution >= 0.6 is 0 Å². The minimum atomic E-state index is -0.595. The average molecular weight is 486 g/mol. The number of carbonyl (C=O) groups excluding carboxylic acids is 2. The molecule has 0 spiro atoms. The van der Waals surface area contributed by atoms with Gasteiger partial charge in [-0.15, -0.1) is 0 Å². The summed E-state index contributed by atoms with van der Waals surface area (Å²) in [5.74, 6) is -0.951. The van der Waals surface area contributed by atoms with Crippen LogP contribution in [-0.2, 0) is 44.8 Å². The Balaban J connectivity index is 0.00000441. The topological polar surface area (TPSA) is 74.3 Å².